The standard InChI is InChI=1S/C15H16O6.2C2H6/c1-10(2)14(17)19-8-9-20-15(18)21-13-6-4-12(5-7-13)11(3)16;2*1-2/h4-7H,1,8-9H2,2-3H3;2*1-2H3. The van der Waals surface area contributed by atoms with E-state index in [1.165, 1.54) is 26.0 Å². The summed E-state index contributed by atoms with van der Waals surface area (Å²) in [7, 11) is 0. The van der Waals surface area contributed by atoms with E-state index in [0.29, 0.717) is 5.56 Å². The number of Topliss-reactive ketones (excluding diaryl/α,β-unsaturated/α-hetero) is 1. The molecule has 0 aromatic heterocycles. The zero-order valence-corrected chi connectivity index (χ0v) is 15.9. The van der Waals surface area contributed by atoms with Gasteiger partial charge in [0.25, 0.3) is 0 Å². The lowest BCUT2D eigenvalue weighted by Crippen LogP contribution is -2.16. The van der Waals surface area contributed by atoms with Crippen LogP contribution in [0.5, 0.6) is 5.75 Å². The number of carbonyl (C=O) groups is 3. The van der Waals surface area contributed by atoms with Crippen LogP contribution < -0.4 is 4.74 Å². The maximum absolute atomic E-state index is 11.3. The van der Waals surface area contributed by atoms with Gasteiger partial charge >= 0.3 is 12.1 Å². The Morgan fingerprint density at radius 2 is 1.36 bits per heavy atom. The molecule has 6 heteroatoms. The number of ketones is 1. The molecule has 0 aliphatic rings. The Hall–Kier alpha value is -2.63. The van der Waals surface area contributed by atoms with Crippen LogP contribution in [0.3, 0.4) is 0 Å². The summed E-state index contributed by atoms with van der Waals surface area (Å²) in [5.74, 6) is -0.376. The first kappa shape index (κ1) is 24.6. The maximum Gasteiger partial charge on any atom is 0.513 e. The van der Waals surface area contributed by atoms with Gasteiger partial charge in [-0.2, -0.15) is 0 Å². The largest absolute Gasteiger partial charge is 0.513 e. The molecule has 0 aliphatic carbocycles. The first-order valence-corrected chi connectivity index (χ1v) is 8.18. The first-order valence-electron chi connectivity index (χ1n) is 8.18. The molecule has 140 valence electrons. The first-order chi connectivity index (χ1) is 11.9. The van der Waals surface area contributed by atoms with Crippen molar-refractivity contribution in [1.29, 1.82) is 0 Å². The number of esters is 1. The fourth-order valence-electron chi connectivity index (χ4n) is 1.27. The van der Waals surface area contributed by atoms with Crippen molar-refractivity contribution >= 4 is 17.9 Å². The van der Waals surface area contributed by atoms with Crippen molar-refractivity contribution in [3.63, 3.8) is 0 Å². The average molecular weight is 352 g/mol. The lowest BCUT2D eigenvalue weighted by atomic mass is 10.1. The average Bonchev–Trinajstić information content (AvgIpc) is 2.62. The number of hydrogen-bond acceptors (Lipinski definition) is 6. The number of benzene rings is 1. The van der Waals surface area contributed by atoms with Crippen LogP contribution >= 0.6 is 0 Å². The Kier molecular flexibility index (Phi) is 14.7. The second-order valence-electron chi connectivity index (χ2n) is 4.20. The zero-order chi connectivity index (χ0) is 19.8. The van der Waals surface area contributed by atoms with Crippen molar-refractivity contribution in [2.45, 2.75) is 41.5 Å². The molecule has 0 fully saturated rings. The van der Waals surface area contributed by atoms with Crippen molar-refractivity contribution in [2.75, 3.05) is 13.2 Å². The molecule has 0 saturated heterocycles. The normalized spacial score (nSPS) is 8.56. The highest BCUT2D eigenvalue weighted by molar-refractivity contribution is 5.94. The molecule has 1 aromatic rings. The number of rotatable bonds is 6. The SMILES string of the molecule is C=C(C)C(=O)OCCOC(=O)Oc1ccc(C(C)=O)cc1.CC.CC. The van der Waals surface area contributed by atoms with E-state index in [9.17, 15) is 14.4 Å². The van der Waals surface area contributed by atoms with E-state index in [0.717, 1.165) is 0 Å². The third-order valence-corrected chi connectivity index (χ3v) is 2.35. The molecule has 0 bridgehead atoms. The Balaban J connectivity index is 0. The van der Waals surface area contributed by atoms with Gasteiger partial charge in [-0.3, -0.25) is 4.79 Å². The van der Waals surface area contributed by atoms with Gasteiger partial charge in [-0.25, -0.2) is 9.59 Å². The van der Waals surface area contributed by atoms with Crippen molar-refractivity contribution in [3.05, 3.63) is 42.0 Å². The zero-order valence-electron chi connectivity index (χ0n) is 15.9. The van der Waals surface area contributed by atoms with Gasteiger partial charge in [0.1, 0.15) is 19.0 Å². The summed E-state index contributed by atoms with van der Waals surface area (Å²) in [4.78, 5) is 33.5. The van der Waals surface area contributed by atoms with Crippen LogP contribution in [0.25, 0.3) is 0 Å². The third-order valence-electron chi connectivity index (χ3n) is 2.35. The topological polar surface area (TPSA) is 78.9 Å². The molecule has 1 aromatic carbocycles. The van der Waals surface area contributed by atoms with Gasteiger partial charge in [0.05, 0.1) is 0 Å². The Labute approximate surface area is 149 Å². The number of carbonyl (C=O) groups excluding carboxylic acids is 3. The van der Waals surface area contributed by atoms with E-state index in [1.807, 2.05) is 27.7 Å². The van der Waals surface area contributed by atoms with Crippen LogP contribution in [-0.2, 0) is 14.3 Å². The predicted molar refractivity (Wildman–Crippen MR) is 96.9 cm³/mol. The molecule has 0 spiro atoms. The van der Waals surface area contributed by atoms with Crippen LogP contribution in [-0.4, -0.2) is 31.1 Å². The number of hydrogen-bond donors (Lipinski definition) is 0. The molecular formula is C19H28O6. The fraction of sp³-hybridized carbons (Fsp3) is 0.421. The molecule has 0 heterocycles. The van der Waals surface area contributed by atoms with Crippen molar-refractivity contribution in [2.24, 2.45) is 0 Å². The minimum atomic E-state index is -0.919. The summed E-state index contributed by atoms with van der Waals surface area (Å²) in [5, 5.41) is 0. The molecule has 0 aliphatic heterocycles. The molecule has 1 rings (SSSR count). The monoisotopic (exact) mass is 352 g/mol. The van der Waals surface area contributed by atoms with E-state index >= 15 is 0 Å². The van der Waals surface area contributed by atoms with Gasteiger partial charge in [0.2, 0.25) is 0 Å². The second-order valence-corrected chi connectivity index (χ2v) is 4.20. The lowest BCUT2D eigenvalue weighted by Gasteiger charge is -2.07. The minimum Gasteiger partial charge on any atom is -0.459 e. The fourth-order valence-corrected chi connectivity index (χ4v) is 1.27. The quantitative estimate of drug-likeness (QED) is 0.245. The van der Waals surface area contributed by atoms with Gasteiger partial charge in [-0.15, -0.1) is 0 Å². The third kappa shape index (κ3) is 11.5. The molecule has 0 unspecified atom stereocenters. The summed E-state index contributed by atoms with van der Waals surface area (Å²) in [6.07, 6.45) is -0.919. The molecule has 0 saturated carbocycles. The molecule has 6 nitrogen and oxygen atoms in total. The highest BCUT2D eigenvalue weighted by Crippen LogP contribution is 2.13. The Morgan fingerprint density at radius 3 is 1.80 bits per heavy atom. The van der Waals surface area contributed by atoms with Gasteiger partial charge in [-0.05, 0) is 38.1 Å². The van der Waals surface area contributed by atoms with E-state index in [4.69, 9.17) is 14.2 Å². The highest BCUT2D eigenvalue weighted by atomic mass is 16.7. The Morgan fingerprint density at radius 1 is 0.880 bits per heavy atom. The summed E-state index contributed by atoms with van der Waals surface area (Å²) in [6, 6.07) is 6.05. The van der Waals surface area contributed by atoms with Crippen molar-refractivity contribution < 1.29 is 28.6 Å². The second kappa shape index (κ2) is 14.9. The number of ether oxygens (including phenoxy) is 3. The molecule has 0 N–H and O–H groups in total. The summed E-state index contributed by atoms with van der Waals surface area (Å²) < 4.78 is 14.3. The van der Waals surface area contributed by atoms with Crippen molar-refractivity contribution in [1.82, 2.24) is 0 Å². The van der Waals surface area contributed by atoms with E-state index in [1.54, 1.807) is 12.1 Å². The molecule has 0 amide bonds. The van der Waals surface area contributed by atoms with Gasteiger partial charge in [-0.1, -0.05) is 34.3 Å². The van der Waals surface area contributed by atoms with Crippen LogP contribution in [0.15, 0.2) is 36.4 Å². The van der Waals surface area contributed by atoms with E-state index < -0.39 is 12.1 Å². The van der Waals surface area contributed by atoms with Crippen molar-refractivity contribution in [3.8, 4) is 5.75 Å². The summed E-state index contributed by atoms with van der Waals surface area (Å²) in [5.41, 5.74) is 0.783. The van der Waals surface area contributed by atoms with E-state index in [2.05, 4.69) is 6.58 Å². The van der Waals surface area contributed by atoms with Crippen LogP contribution in [0.2, 0.25) is 0 Å². The molecule has 25 heavy (non-hydrogen) atoms. The Bertz CT molecular complexity index is 546. The molecule has 0 radical (unpaired) electrons. The van der Waals surface area contributed by atoms with Gasteiger partial charge < -0.3 is 14.2 Å². The van der Waals surface area contributed by atoms with Gasteiger partial charge in [0, 0.05) is 11.1 Å². The van der Waals surface area contributed by atoms with Crippen LogP contribution in [0, 0.1) is 0 Å². The molecule has 0 atom stereocenters. The summed E-state index contributed by atoms with van der Waals surface area (Å²) in [6.45, 7) is 14.2. The predicted octanol–water partition coefficient (Wildman–Crippen LogP) is 4.58. The highest BCUT2D eigenvalue weighted by Gasteiger charge is 2.08. The smallest absolute Gasteiger partial charge is 0.459 e. The van der Waals surface area contributed by atoms with Crippen LogP contribution in [0.4, 0.5) is 4.79 Å². The van der Waals surface area contributed by atoms with E-state index in [-0.39, 0.29) is 30.3 Å². The summed E-state index contributed by atoms with van der Waals surface area (Å²) >= 11 is 0. The van der Waals surface area contributed by atoms with Gasteiger partial charge in [0.15, 0.2) is 5.78 Å². The minimum absolute atomic E-state index is 0.0793. The maximum atomic E-state index is 11.3. The van der Waals surface area contributed by atoms with Crippen LogP contribution in [0.1, 0.15) is 51.9 Å². The molecular weight excluding hydrogens is 324 g/mol. The lowest BCUT2D eigenvalue weighted by molar-refractivity contribution is -0.140.